The number of nitrogens with one attached hydrogen (secondary N) is 1. The monoisotopic (exact) mass is 253 g/mol. The van der Waals surface area contributed by atoms with Crippen LogP contribution in [-0.2, 0) is 16.1 Å². The van der Waals surface area contributed by atoms with Crippen molar-refractivity contribution in [2.24, 2.45) is 0 Å². The van der Waals surface area contributed by atoms with Crippen LogP contribution in [0.5, 0.6) is 0 Å². The van der Waals surface area contributed by atoms with Crippen LogP contribution >= 0.6 is 0 Å². The normalized spacial score (nSPS) is 14.3. The van der Waals surface area contributed by atoms with Crippen LogP contribution in [0.15, 0.2) is 0 Å². The van der Waals surface area contributed by atoms with Crippen molar-refractivity contribution in [3.05, 3.63) is 17.0 Å². The van der Waals surface area contributed by atoms with Crippen LogP contribution < -0.4 is 5.32 Å². The first-order valence-electron chi connectivity index (χ1n) is 6.22. The number of rotatable bonds is 5. The number of aromatic nitrogens is 2. The molecule has 0 aliphatic carbocycles. The summed E-state index contributed by atoms with van der Waals surface area (Å²) >= 11 is 0. The van der Waals surface area contributed by atoms with E-state index in [0.29, 0.717) is 13.2 Å². The Bertz CT molecular complexity index is 440. The predicted octanol–water partition coefficient (Wildman–Crippen LogP) is 1.35. The van der Waals surface area contributed by atoms with Gasteiger partial charge in [0.1, 0.15) is 5.54 Å². The first-order chi connectivity index (χ1) is 8.35. The quantitative estimate of drug-likeness (QED) is 0.805. The van der Waals surface area contributed by atoms with Gasteiger partial charge in [-0.05, 0) is 47.2 Å². The predicted molar refractivity (Wildman–Crippen MR) is 70.5 cm³/mol. The van der Waals surface area contributed by atoms with Crippen molar-refractivity contribution in [1.29, 1.82) is 0 Å². The fourth-order valence-electron chi connectivity index (χ4n) is 1.78. The van der Waals surface area contributed by atoms with Crippen molar-refractivity contribution in [2.45, 2.75) is 46.7 Å². The summed E-state index contributed by atoms with van der Waals surface area (Å²) in [7, 11) is 1.76. The average molecular weight is 253 g/mol. The minimum Gasteiger partial charge on any atom is -0.465 e. The molecule has 0 radical (unpaired) electrons. The first-order valence-corrected chi connectivity index (χ1v) is 6.22. The second-order valence-corrected chi connectivity index (χ2v) is 4.76. The highest BCUT2D eigenvalue weighted by molar-refractivity contribution is 5.80. The molecule has 18 heavy (non-hydrogen) atoms. The van der Waals surface area contributed by atoms with Gasteiger partial charge in [-0.25, -0.2) is 4.79 Å². The lowest BCUT2D eigenvalue weighted by molar-refractivity contribution is -0.151. The summed E-state index contributed by atoms with van der Waals surface area (Å²) in [6.07, 6.45) is 0. The molecule has 0 fully saturated rings. The zero-order chi connectivity index (χ0) is 13.9. The summed E-state index contributed by atoms with van der Waals surface area (Å²) in [6, 6.07) is 0. The first kappa shape index (κ1) is 14.7. The Labute approximate surface area is 109 Å². The van der Waals surface area contributed by atoms with Gasteiger partial charge in [-0.1, -0.05) is 0 Å². The van der Waals surface area contributed by atoms with Crippen molar-refractivity contribution >= 4 is 5.97 Å². The van der Waals surface area contributed by atoms with Gasteiger partial charge in [-0.2, -0.15) is 5.10 Å². The highest BCUT2D eigenvalue weighted by atomic mass is 16.5. The number of aryl methyl sites for hydroxylation is 1. The SMILES string of the molecule is CCOC(=O)C(C)(Cn1nc(C)c(C)c1C)NC. The summed E-state index contributed by atoms with van der Waals surface area (Å²) in [4.78, 5) is 12.0. The number of likely N-dealkylation sites (N-methyl/N-ethyl adjacent to an activating group) is 1. The van der Waals surface area contributed by atoms with E-state index in [0.717, 1.165) is 17.0 Å². The zero-order valence-corrected chi connectivity index (χ0v) is 12.1. The van der Waals surface area contributed by atoms with E-state index in [2.05, 4.69) is 10.4 Å². The second-order valence-electron chi connectivity index (χ2n) is 4.76. The fourth-order valence-corrected chi connectivity index (χ4v) is 1.78. The standard InChI is InChI=1S/C13H23N3O2/c1-7-18-12(17)13(5,14-6)8-16-11(4)9(2)10(3)15-16/h14H,7-8H2,1-6H3. The van der Waals surface area contributed by atoms with Crippen molar-refractivity contribution in [2.75, 3.05) is 13.7 Å². The summed E-state index contributed by atoms with van der Waals surface area (Å²) in [5.41, 5.74) is 2.48. The molecule has 5 nitrogen and oxygen atoms in total. The molecule has 1 unspecified atom stereocenters. The molecule has 1 heterocycles. The maximum atomic E-state index is 12.0. The third kappa shape index (κ3) is 2.72. The lowest BCUT2D eigenvalue weighted by atomic mass is 10.0. The van der Waals surface area contributed by atoms with Crippen LogP contribution in [0.4, 0.5) is 0 Å². The smallest absolute Gasteiger partial charge is 0.327 e. The molecule has 0 saturated heterocycles. The average Bonchev–Trinajstić information content (AvgIpc) is 2.57. The van der Waals surface area contributed by atoms with Gasteiger partial charge in [-0.15, -0.1) is 0 Å². The Kier molecular flexibility index (Phi) is 4.51. The van der Waals surface area contributed by atoms with Crippen LogP contribution in [0.1, 0.15) is 30.8 Å². The van der Waals surface area contributed by atoms with E-state index in [1.807, 2.05) is 32.4 Å². The van der Waals surface area contributed by atoms with Crippen LogP contribution in [0.2, 0.25) is 0 Å². The third-order valence-electron chi connectivity index (χ3n) is 3.49. The van der Waals surface area contributed by atoms with Gasteiger partial charge in [0.05, 0.1) is 18.8 Å². The highest BCUT2D eigenvalue weighted by Crippen LogP contribution is 2.16. The molecule has 0 amide bonds. The van der Waals surface area contributed by atoms with E-state index in [-0.39, 0.29) is 5.97 Å². The molecule has 0 bridgehead atoms. The topological polar surface area (TPSA) is 56.2 Å². The van der Waals surface area contributed by atoms with Crippen molar-refractivity contribution in [3.63, 3.8) is 0 Å². The molecule has 1 aromatic rings. The molecule has 5 heteroatoms. The van der Waals surface area contributed by atoms with Crippen LogP contribution in [-0.4, -0.2) is 34.9 Å². The van der Waals surface area contributed by atoms with Crippen LogP contribution in [0.3, 0.4) is 0 Å². The molecule has 1 atom stereocenters. The minimum absolute atomic E-state index is 0.252. The Morgan fingerprint density at radius 1 is 1.44 bits per heavy atom. The maximum absolute atomic E-state index is 12.0. The Morgan fingerprint density at radius 3 is 2.44 bits per heavy atom. The molecule has 0 aliphatic heterocycles. The molecule has 102 valence electrons. The van der Waals surface area contributed by atoms with Crippen molar-refractivity contribution < 1.29 is 9.53 Å². The number of hydrogen-bond donors (Lipinski definition) is 1. The molecule has 0 aliphatic rings. The van der Waals surface area contributed by atoms with Gasteiger partial charge in [0.25, 0.3) is 0 Å². The van der Waals surface area contributed by atoms with Gasteiger partial charge in [0.15, 0.2) is 0 Å². The summed E-state index contributed by atoms with van der Waals surface area (Å²) in [5, 5.41) is 7.49. The lowest BCUT2D eigenvalue weighted by Crippen LogP contribution is -2.52. The Hall–Kier alpha value is -1.36. The van der Waals surface area contributed by atoms with Crippen LogP contribution in [0, 0.1) is 20.8 Å². The number of esters is 1. The second kappa shape index (κ2) is 5.52. The largest absolute Gasteiger partial charge is 0.465 e. The fraction of sp³-hybridized carbons (Fsp3) is 0.692. The van der Waals surface area contributed by atoms with Crippen molar-refractivity contribution in [1.82, 2.24) is 15.1 Å². The van der Waals surface area contributed by atoms with E-state index in [4.69, 9.17) is 4.74 Å². The molecule has 0 saturated carbocycles. The van der Waals surface area contributed by atoms with Gasteiger partial charge in [0, 0.05) is 5.69 Å². The Morgan fingerprint density at radius 2 is 2.06 bits per heavy atom. The van der Waals surface area contributed by atoms with E-state index >= 15 is 0 Å². The molecule has 1 N–H and O–H groups in total. The molecule has 1 aromatic heterocycles. The number of ether oxygens (including phenoxy) is 1. The van der Waals surface area contributed by atoms with Gasteiger partial charge >= 0.3 is 5.97 Å². The Balaban J connectivity index is 2.98. The van der Waals surface area contributed by atoms with Gasteiger partial charge in [0.2, 0.25) is 0 Å². The van der Waals surface area contributed by atoms with E-state index in [9.17, 15) is 4.79 Å². The summed E-state index contributed by atoms with van der Waals surface area (Å²) in [5.74, 6) is -0.252. The minimum atomic E-state index is -0.758. The van der Waals surface area contributed by atoms with Crippen molar-refractivity contribution in [3.8, 4) is 0 Å². The van der Waals surface area contributed by atoms with Gasteiger partial charge < -0.3 is 10.1 Å². The lowest BCUT2D eigenvalue weighted by Gasteiger charge is -2.27. The molecular weight excluding hydrogens is 230 g/mol. The summed E-state index contributed by atoms with van der Waals surface area (Å²) in [6.45, 7) is 10.5. The highest BCUT2D eigenvalue weighted by Gasteiger charge is 2.34. The third-order valence-corrected chi connectivity index (χ3v) is 3.49. The zero-order valence-electron chi connectivity index (χ0n) is 12.1. The van der Waals surface area contributed by atoms with E-state index < -0.39 is 5.54 Å². The van der Waals surface area contributed by atoms with Gasteiger partial charge in [-0.3, -0.25) is 4.68 Å². The number of nitrogens with zero attached hydrogens (tertiary/aromatic N) is 2. The molecular formula is C13H23N3O2. The number of carbonyl (C=O) groups excluding carboxylic acids is 1. The maximum Gasteiger partial charge on any atom is 0.327 e. The van der Waals surface area contributed by atoms with E-state index in [1.165, 1.54) is 0 Å². The van der Waals surface area contributed by atoms with Crippen LogP contribution in [0.25, 0.3) is 0 Å². The summed E-state index contributed by atoms with van der Waals surface area (Å²) < 4.78 is 6.96. The number of carbonyl (C=O) groups is 1. The molecule has 0 aromatic carbocycles. The molecule has 0 spiro atoms. The van der Waals surface area contributed by atoms with E-state index in [1.54, 1.807) is 14.0 Å². The molecule has 1 rings (SSSR count). The number of hydrogen-bond acceptors (Lipinski definition) is 4.